The zero-order chi connectivity index (χ0) is 21.4. The van der Waals surface area contributed by atoms with Gasteiger partial charge in [-0.1, -0.05) is 93.0 Å². The second kappa shape index (κ2) is 7.99. The second-order valence-electron chi connectivity index (χ2n) is 11.1. The average Bonchev–Trinajstić information content (AvgIpc) is 2.49. The van der Waals surface area contributed by atoms with Crippen LogP contribution in [0.15, 0.2) is 23.8 Å². The van der Waals surface area contributed by atoms with E-state index in [0.29, 0.717) is 0 Å². The van der Waals surface area contributed by atoms with Gasteiger partial charge in [0.05, 0.1) is 11.7 Å². The van der Waals surface area contributed by atoms with E-state index in [1.165, 1.54) is 27.3 Å². The number of hydrogen-bond donors (Lipinski definition) is 1. The number of rotatable bonds is 4. The van der Waals surface area contributed by atoms with Gasteiger partial charge in [0.1, 0.15) is 0 Å². The van der Waals surface area contributed by atoms with Crippen molar-refractivity contribution < 1.29 is 5.21 Å². The van der Waals surface area contributed by atoms with E-state index in [1.54, 1.807) is 0 Å². The van der Waals surface area contributed by atoms with Crippen LogP contribution in [0.5, 0.6) is 0 Å². The summed E-state index contributed by atoms with van der Waals surface area (Å²) in [6.45, 7) is 26.5. The minimum Gasteiger partial charge on any atom is -0.288 e. The van der Waals surface area contributed by atoms with Gasteiger partial charge in [-0.25, -0.2) is 5.06 Å². The molecular formula is C25H43NO. The first kappa shape index (κ1) is 23.8. The molecule has 0 radical (unpaired) electrons. The fraction of sp³-hybridized carbons (Fsp3) is 0.680. The van der Waals surface area contributed by atoms with Crippen molar-refractivity contribution in [2.24, 2.45) is 0 Å². The molecule has 2 nitrogen and oxygen atoms in total. The lowest BCUT2D eigenvalue weighted by Crippen LogP contribution is -2.34. The van der Waals surface area contributed by atoms with Crippen molar-refractivity contribution in [1.29, 1.82) is 0 Å². The van der Waals surface area contributed by atoms with Gasteiger partial charge in [-0.3, -0.25) is 5.21 Å². The standard InChI is InChI=1S/C25H43NO/c1-13-17(2)14-18(3)26(27)22-20(24(7,8)9)15-19(23(4,5)6)16-21(22)25(10,11)12/h14-16,18,27H,13H2,1-12H3/b17-14-. The molecule has 1 aromatic rings. The Morgan fingerprint density at radius 2 is 1.33 bits per heavy atom. The maximum atomic E-state index is 11.3. The summed E-state index contributed by atoms with van der Waals surface area (Å²) in [7, 11) is 0. The molecule has 1 unspecified atom stereocenters. The van der Waals surface area contributed by atoms with Gasteiger partial charge in [0.15, 0.2) is 0 Å². The zero-order valence-corrected chi connectivity index (χ0v) is 19.9. The fourth-order valence-electron chi connectivity index (χ4n) is 3.26. The van der Waals surface area contributed by atoms with Gasteiger partial charge in [0.2, 0.25) is 0 Å². The predicted octanol–water partition coefficient (Wildman–Crippen LogP) is 7.52. The first-order valence-corrected chi connectivity index (χ1v) is 10.3. The largest absolute Gasteiger partial charge is 0.288 e. The molecule has 0 fully saturated rings. The number of hydroxylamine groups is 1. The Morgan fingerprint density at radius 3 is 1.63 bits per heavy atom. The highest BCUT2D eigenvalue weighted by molar-refractivity contribution is 5.65. The average molecular weight is 374 g/mol. The molecule has 0 saturated carbocycles. The summed E-state index contributed by atoms with van der Waals surface area (Å²) in [6.07, 6.45) is 3.16. The molecule has 1 N–H and O–H groups in total. The minimum absolute atomic E-state index is 0.0587. The summed E-state index contributed by atoms with van der Waals surface area (Å²) < 4.78 is 0. The van der Waals surface area contributed by atoms with Gasteiger partial charge >= 0.3 is 0 Å². The second-order valence-corrected chi connectivity index (χ2v) is 11.1. The highest BCUT2D eigenvalue weighted by atomic mass is 16.5. The van der Waals surface area contributed by atoms with E-state index in [0.717, 1.165) is 12.1 Å². The van der Waals surface area contributed by atoms with E-state index >= 15 is 0 Å². The summed E-state index contributed by atoms with van der Waals surface area (Å²) in [5.41, 5.74) is 5.92. The van der Waals surface area contributed by atoms with Gasteiger partial charge in [-0.2, -0.15) is 0 Å². The van der Waals surface area contributed by atoms with Gasteiger partial charge < -0.3 is 0 Å². The van der Waals surface area contributed by atoms with E-state index in [9.17, 15) is 5.21 Å². The van der Waals surface area contributed by atoms with E-state index in [2.05, 4.69) is 101 Å². The van der Waals surface area contributed by atoms with Crippen molar-refractivity contribution in [2.75, 3.05) is 5.06 Å². The van der Waals surface area contributed by atoms with Crippen LogP contribution < -0.4 is 5.06 Å². The zero-order valence-electron chi connectivity index (χ0n) is 19.9. The van der Waals surface area contributed by atoms with Crippen molar-refractivity contribution in [1.82, 2.24) is 0 Å². The van der Waals surface area contributed by atoms with Crippen LogP contribution in [-0.2, 0) is 16.2 Å². The molecule has 0 spiro atoms. The Morgan fingerprint density at radius 1 is 0.926 bits per heavy atom. The molecule has 1 rings (SSSR count). The summed E-state index contributed by atoms with van der Waals surface area (Å²) in [5.74, 6) is 0. The molecule has 0 bridgehead atoms. The molecule has 2 heteroatoms. The maximum absolute atomic E-state index is 11.3. The van der Waals surface area contributed by atoms with Crippen molar-refractivity contribution in [3.8, 4) is 0 Å². The van der Waals surface area contributed by atoms with E-state index in [-0.39, 0.29) is 22.3 Å². The third-order valence-corrected chi connectivity index (χ3v) is 5.29. The molecule has 27 heavy (non-hydrogen) atoms. The molecule has 0 aromatic heterocycles. The number of nitrogens with zero attached hydrogens (tertiary/aromatic N) is 1. The summed E-state index contributed by atoms with van der Waals surface area (Å²) in [6, 6.07) is 4.53. The maximum Gasteiger partial charge on any atom is 0.0718 e. The van der Waals surface area contributed by atoms with Crippen LogP contribution >= 0.6 is 0 Å². The fourth-order valence-corrected chi connectivity index (χ4v) is 3.26. The van der Waals surface area contributed by atoms with Crippen molar-refractivity contribution in [2.45, 2.75) is 112 Å². The quantitative estimate of drug-likeness (QED) is 0.436. The van der Waals surface area contributed by atoms with Crippen LogP contribution in [0.1, 0.15) is 106 Å². The molecule has 154 valence electrons. The smallest absolute Gasteiger partial charge is 0.0718 e. The van der Waals surface area contributed by atoms with E-state index in [4.69, 9.17) is 0 Å². The van der Waals surface area contributed by atoms with Crippen LogP contribution in [0.4, 0.5) is 5.69 Å². The highest BCUT2D eigenvalue weighted by Crippen LogP contribution is 2.43. The van der Waals surface area contributed by atoms with Crippen molar-refractivity contribution in [3.63, 3.8) is 0 Å². The summed E-state index contributed by atoms with van der Waals surface area (Å²) in [5, 5.41) is 12.8. The van der Waals surface area contributed by atoms with Gasteiger partial charge in [-0.15, -0.1) is 0 Å². The Bertz CT molecular complexity index is 643. The van der Waals surface area contributed by atoms with Crippen LogP contribution in [0.25, 0.3) is 0 Å². The van der Waals surface area contributed by atoms with E-state index in [1.807, 2.05) is 0 Å². The van der Waals surface area contributed by atoms with Crippen LogP contribution in [0, 0.1) is 0 Å². The third-order valence-electron chi connectivity index (χ3n) is 5.29. The normalized spacial score (nSPS) is 15.1. The monoisotopic (exact) mass is 373 g/mol. The van der Waals surface area contributed by atoms with Crippen LogP contribution in [-0.4, -0.2) is 11.2 Å². The van der Waals surface area contributed by atoms with Crippen LogP contribution in [0.2, 0.25) is 0 Å². The van der Waals surface area contributed by atoms with Gasteiger partial charge in [-0.05, 0) is 53.2 Å². The van der Waals surface area contributed by atoms with E-state index < -0.39 is 0 Å². The summed E-state index contributed by atoms with van der Waals surface area (Å²) >= 11 is 0. The minimum atomic E-state index is -0.0763. The molecule has 0 aliphatic rings. The lowest BCUT2D eigenvalue weighted by molar-refractivity contribution is 0.234. The number of anilines is 1. The number of benzene rings is 1. The molecule has 0 amide bonds. The molecule has 1 aromatic carbocycles. The topological polar surface area (TPSA) is 23.5 Å². The van der Waals surface area contributed by atoms with Crippen LogP contribution in [0.3, 0.4) is 0 Å². The molecule has 0 heterocycles. The molecule has 0 aliphatic heterocycles. The summed E-state index contributed by atoms with van der Waals surface area (Å²) in [4.78, 5) is 0. The Hall–Kier alpha value is -1.28. The Balaban J connectivity index is 3.84. The number of hydrogen-bond acceptors (Lipinski definition) is 2. The lowest BCUT2D eigenvalue weighted by Gasteiger charge is -2.37. The first-order valence-electron chi connectivity index (χ1n) is 10.3. The predicted molar refractivity (Wildman–Crippen MR) is 120 cm³/mol. The molecule has 0 aliphatic carbocycles. The van der Waals surface area contributed by atoms with Gasteiger partial charge in [0.25, 0.3) is 0 Å². The third kappa shape index (κ3) is 5.85. The number of allylic oxidation sites excluding steroid dienone is 1. The SMILES string of the molecule is CC/C(C)=C\C(C)N(O)c1c(C(C)(C)C)cc(C(C)(C)C)cc1C(C)(C)C. The first-order chi connectivity index (χ1) is 12.0. The van der Waals surface area contributed by atoms with Gasteiger partial charge in [0, 0.05) is 0 Å². The highest BCUT2D eigenvalue weighted by Gasteiger charge is 2.32. The Kier molecular flexibility index (Phi) is 7.03. The van der Waals surface area contributed by atoms with Crippen molar-refractivity contribution in [3.05, 3.63) is 40.5 Å². The van der Waals surface area contributed by atoms with Crippen molar-refractivity contribution >= 4 is 5.69 Å². The molecule has 0 saturated heterocycles. The Labute approximate surface area is 168 Å². The molecular weight excluding hydrogens is 330 g/mol. The molecule has 1 atom stereocenters. The lowest BCUT2D eigenvalue weighted by atomic mass is 9.74.